The van der Waals surface area contributed by atoms with Crippen molar-refractivity contribution in [1.29, 1.82) is 0 Å². The topological polar surface area (TPSA) is 70.4 Å². The first kappa shape index (κ1) is 12.4. The van der Waals surface area contributed by atoms with Crippen LogP contribution in [0, 0.1) is 0 Å². The van der Waals surface area contributed by atoms with Gasteiger partial charge in [0, 0.05) is 10.5 Å². The van der Waals surface area contributed by atoms with Gasteiger partial charge >= 0.3 is 5.97 Å². The molecule has 2 N–H and O–H groups in total. The van der Waals surface area contributed by atoms with E-state index in [1.165, 1.54) is 6.07 Å². The van der Waals surface area contributed by atoms with E-state index < -0.39 is 5.97 Å². The summed E-state index contributed by atoms with van der Waals surface area (Å²) in [5.41, 5.74) is 1.20. The van der Waals surface area contributed by atoms with Gasteiger partial charge in [0.1, 0.15) is 11.3 Å². The number of nitrogens with zero attached hydrogens (tertiary/aromatic N) is 1. The second-order valence-electron chi connectivity index (χ2n) is 3.62. The summed E-state index contributed by atoms with van der Waals surface area (Å²) < 4.78 is 0. The van der Waals surface area contributed by atoms with Gasteiger partial charge in [0.15, 0.2) is 0 Å². The van der Waals surface area contributed by atoms with Gasteiger partial charge in [-0.2, -0.15) is 0 Å². The molecule has 0 aliphatic heterocycles. The molecule has 0 fully saturated rings. The minimum Gasteiger partial charge on any atom is -0.505 e. The van der Waals surface area contributed by atoms with E-state index in [2.05, 4.69) is 4.98 Å². The van der Waals surface area contributed by atoms with Crippen molar-refractivity contribution in [3.63, 3.8) is 0 Å². The van der Waals surface area contributed by atoms with Crippen LogP contribution < -0.4 is 0 Å². The first-order valence-corrected chi connectivity index (χ1v) is 6.41. The highest BCUT2D eigenvalue weighted by Gasteiger charge is 2.11. The Morgan fingerprint density at radius 2 is 1.94 bits per heavy atom. The summed E-state index contributed by atoms with van der Waals surface area (Å²) in [6.07, 6.45) is 3.14. The number of hydrogen-bond acceptors (Lipinski definition) is 4. The number of aromatic hydroxyl groups is 1. The second kappa shape index (κ2) is 5.10. The standard InChI is InChI=1S/C13H11NO3S/c1-18-9-4-2-8(3-5-9)11-6-10(13(16)17)12(15)7-14-11/h2-7,15H,1H3,(H,16,17). The number of aromatic carboxylic acids is 1. The highest BCUT2D eigenvalue weighted by molar-refractivity contribution is 7.98. The lowest BCUT2D eigenvalue weighted by Gasteiger charge is -2.04. The number of thioether (sulfide) groups is 1. The average Bonchev–Trinajstić information content (AvgIpc) is 2.39. The lowest BCUT2D eigenvalue weighted by Crippen LogP contribution is -1.98. The van der Waals surface area contributed by atoms with Gasteiger partial charge in [0.25, 0.3) is 0 Å². The molecule has 1 aromatic carbocycles. The van der Waals surface area contributed by atoms with E-state index in [9.17, 15) is 9.90 Å². The molecule has 0 aliphatic rings. The van der Waals surface area contributed by atoms with E-state index >= 15 is 0 Å². The van der Waals surface area contributed by atoms with E-state index in [-0.39, 0.29) is 11.3 Å². The molecule has 0 amide bonds. The molecule has 0 saturated carbocycles. The molecule has 0 bridgehead atoms. The van der Waals surface area contributed by atoms with Gasteiger partial charge in [-0.3, -0.25) is 4.98 Å². The van der Waals surface area contributed by atoms with Gasteiger partial charge < -0.3 is 10.2 Å². The summed E-state index contributed by atoms with van der Waals surface area (Å²) in [7, 11) is 0. The van der Waals surface area contributed by atoms with E-state index in [1.807, 2.05) is 30.5 Å². The monoisotopic (exact) mass is 261 g/mol. The van der Waals surface area contributed by atoms with Gasteiger partial charge in [-0.25, -0.2) is 4.79 Å². The van der Waals surface area contributed by atoms with E-state index in [4.69, 9.17) is 5.11 Å². The lowest BCUT2D eigenvalue weighted by molar-refractivity contribution is 0.0693. The highest BCUT2D eigenvalue weighted by Crippen LogP contribution is 2.25. The van der Waals surface area contributed by atoms with Crippen molar-refractivity contribution in [2.45, 2.75) is 4.90 Å². The number of benzene rings is 1. The van der Waals surface area contributed by atoms with Crippen molar-refractivity contribution >= 4 is 17.7 Å². The molecule has 92 valence electrons. The van der Waals surface area contributed by atoms with Gasteiger partial charge in [-0.05, 0) is 24.5 Å². The third kappa shape index (κ3) is 2.46. The molecular formula is C13H11NO3S. The van der Waals surface area contributed by atoms with Gasteiger partial charge in [0.05, 0.1) is 11.9 Å². The van der Waals surface area contributed by atoms with Gasteiger partial charge in [0.2, 0.25) is 0 Å². The van der Waals surface area contributed by atoms with Gasteiger partial charge in [-0.15, -0.1) is 11.8 Å². The predicted molar refractivity (Wildman–Crippen MR) is 70.1 cm³/mol. The fraction of sp³-hybridized carbons (Fsp3) is 0.0769. The Morgan fingerprint density at radius 3 is 2.50 bits per heavy atom. The summed E-state index contributed by atoms with van der Waals surface area (Å²) in [6.45, 7) is 0. The fourth-order valence-electron chi connectivity index (χ4n) is 1.54. The Balaban J connectivity index is 2.44. The number of pyridine rings is 1. The zero-order valence-electron chi connectivity index (χ0n) is 9.62. The van der Waals surface area contributed by atoms with Gasteiger partial charge in [-0.1, -0.05) is 12.1 Å². The minimum absolute atomic E-state index is 0.144. The third-order valence-electron chi connectivity index (χ3n) is 2.50. The average molecular weight is 261 g/mol. The zero-order valence-corrected chi connectivity index (χ0v) is 10.4. The van der Waals surface area contributed by atoms with Crippen LogP contribution in [0.4, 0.5) is 0 Å². The van der Waals surface area contributed by atoms with Crippen LogP contribution in [-0.4, -0.2) is 27.4 Å². The minimum atomic E-state index is -1.17. The highest BCUT2D eigenvalue weighted by atomic mass is 32.2. The smallest absolute Gasteiger partial charge is 0.339 e. The Morgan fingerprint density at radius 1 is 1.28 bits per heavy atom. The maximum atomic E-state index is 10.9. The van der Waals surface area contributed by atoms with Crippen LogP contribution in [0.25, 0.3) is 11.3 Å². The van der Waals surface area contributed by atoms with Crippen LogP contribution in [-0.2, 0) is 0 Å². The molecule has 0 radical (unpaired) electrons. The fourth-order valence-corrected chi connectivity index (χ4v) is 1.95. The Hall–Kier alpha value is -2.01. The number of carbonyl (C=O) groups is 1. The third-order valence-corrected chi connectivity index (χ3v) is 3.24. The largest absolute Gasteiger partial charge is 0.505 e. The number of hydrogen-bond donors (Lipinski definition) is 2. The summed E-state index contributed by atoms with van der Waals surface area (Å²) in [5.74, 6) is -1.50. The normalized spacial score (nSPS) is 10.3. The van der Waals surface area contributed by atoms with Crippen molar-refractivity contribution in [3.05, 3.63) is 42.1 Å². The van der Waals surface area contributed by atoms with Crippen molar-refractivity contribution in [1.82, 2.24) is 4.98 Å². The second-order valence-corrected chi connectivity index (χ2v) is 4.50. The van der Waals surface area contributed by atoms with Crippen molar-refractivity contribution in [2.75, 3.05) is 6.26 Å². The Kier molecular flexibility index (Phi) is 3.53. The molecule has 0 atom stereocenters. The van der Waals surface area contributed by atoms with E-state index in [0.29, 0.717) is 5.69 Å². The molecule has 5 heteroatoms. The maximum absolute atomic E-state index is 10.9. The molecule has 0 saturated heterocycles. The van der Waals surface area contributed by atoms with Crippen LogP contribution >= 0.6 is 11.8 Å². The molecule has 1 heterocycles. The summed E-state index contributed by atoms with van der Waals surface area (Å²) in [4.78, 5) is 16.1. The molecule has 0 spiro atoms. The number of carboxylic acids is 1. The first-order valence-electron chi connectivity index (χ1n) is 5.18. The van der Waals surface area contributed by atoms with Crippen molar-refractivity contribution in [2.24, 2.45) is 0 Å². The van der Waals surface area contributed by atoms with E-state index in [0.717, 1.165) is 16.7 Å². The van der Waals surface area contributed by atoms with Crippen LogP contribution in [0.15, 0.2) is 41.4 Å². The number of aromatic nitrogens is 1. The summed E-state index contributed by atoms with van der Waals surface area (Å²) in [6, 6.07) is 8.99. The van der Waals surface area contributed by atoms with E-state index in [1.54, 1.807) is 11.8 Å². The molecule has 1 aromatic heterocycles. The number of carboxylic acid groups (broad SMARTS) is 1. The van der Waals surface area contributed by atoms with Crippen LogP contribution in [0.2, 0.25) is 0 Å². The summed E-state index contributed by atoms with van der Waals surface area (Å²) >= 11 is 1.63. The van der Waals surface area contributed by atoms with Crippen LogP contribution in [0.1, 0.15) is 10.4 Å². The maximum Gasteiger partial charge on any atom is 0.339 e. The van der Waals surface area contributed by atoms with Crippen molar-refractivity contribution < 1.29 is 15.0 Å². The molecular weight excluding hydrogens is 250 g/mol. The quantitative estimate of drug-likeness (QED) is 0.831. The van der Waals surface area contributed by atoms with Crippen LogP contribution in [0.3, 0.4) is 0 Å². The SMILES string of the molecule is CSc1ccc(-c2cc(C(=O)O)c(O)cn2)cc1. The molecule has 18 heavy (non-hydrogen) atoms. The first-order chi connectivity index (χ1) is 8.61. The Bertz CT molecular complexity index is 581. The molecule has 0 unspecified atom stereocenters. The number of rotatable bonds is 3. The zero-order chi connectivity index (χ0) is 13.1. The molecule has 2 aromatic rings. The molecule has 0 aliphatic carbocycles. The Labute approximate surface area is 108 Å². The molecule has 2 rings (SSSR count). The summed E-state index contributed by atoms with van der Waals surface area (Å²) in [5, 5.41) is 18.3. The molecule has 4 nitrogen and oxygen atoms in total. The van der Waals surface area contributed by atoms with Crippen LogP contribution in [0.5, 0.6) is 5.75 Å². The lowest BCUT2D eigenvalue weighted by atomic mass is 10.1. The predicted octanol–water partition coefficient (Wildman–Crippen LogP) is 2.87. The van der Waals surface area contributed by atoms with Crippen molar-refractivity contribution in [3.8, 4) is 17.0 Å².